The highest BCUT2D eigenvalue weighted by atomic mass is 32.2. The number of aromatic nitrogens is 2. The van der Waals surface area contributed by atoms with Crippen LogP contribution in [0, 0.1) is 17.0 Å². The van der Waals surface area contributed by atoms with Crippen molar-refractivity contribution in [3.8, 4) is 0 Å². The van der Waals surface area contributed by atoms with E-state index in [1.165, 1.54) is 30.9 Å². The maximum Gasteiger partial charge on any atom is 0.343 e. The summed E-state index contributed by atoms with van der Waals surface area (Å²) in [6.07, 6.45) is 5.85. The van der Waals surface area contributed by atoms with Crippen LogP contribution in [-0.2, 0) is 0 Å². The molecule has 7 heteroatoms. The van der Waals surface area contributed by atoms with Crippen LogP contribution in [0.2, 0.25) is 0 Å². The monoisotopic (exact) mass is 344 g/mol. The molecule has 0 unspecified atom stereocenters. The minimum Gasteiger partial charge on any atom is -0.351 e. The lowest BCUT2D eigenvalue weighted by Gasteiger charge is -2.21. The summed E-state index contributed by atoms with van der Waals surface area (Å²) in [4.78, 5) is 22.7. The fraction of sp³-hybridized carbons (Fsp3) is 0.412. The van der Waals surface area contributed by atoms with Gasteiger partial charge in [-0.2, -0.15) is 0 Å². The number of hydrogen-bond acceptors (Lipinski definition) is 6. The predicted molar refractivity (Wildman–Crippen MR) is 94.7 cm³/mol. The first-order chi connectivity index (χ1) is 11.6. The first-order valence-electron chi connectivity index (χ1n) is 8.14. The van der Waals surface area contributed by atoms with Crippen molar-refractivity contribution in [3.63, 3.8) is 0 Å². The van der Waals surface area contributed by atoms with Crippen molar-refractivity contribution in [2.45, 2.75) is 42.5 Å². The molecule has 2 heterocycles. The molecule has 0 aliphatic carbocycles. The van der Waals surface area contributed by atoms with Crippen LogP contribution < -0.4 is 4.90 Å². The largest absolute Gasteiger partial charge is 0.351 e. The molecule has 0 spiro atoms. The second-order valence-electron chi connectivity index (χ2n) is 5.92. The van der Waals surface area contributed by atoms with Gasteiger partial charge in [0.1, 0.15) is 6.33 Å². The molecule has 1 fully saturated rings. The molecule has 2 aromatic rings. The maximum atomic E-state index is 11.7. The average molecular weight is 344 g/mol. The van der Waals surface area contributed by atoms with E-state index in [-0.39, 0.29) is 10.6 Å². The molecule has 24 heavy (non-hydrogen) atoms. The lowest BCUT2D eigenvalue weighted by atomic mass is 10.2. The summed E-state index contributed by atoms with van der Waals surface area (Å²) in [5.74, 6) is 0.450. The SMILES string of the molecule is Cc1ccc(Sc2ncnc(N3CCCCCC3)c2[N+](=O)[O-])cc1. The van der Waals surface area contributed by atoms with Crippen LogP contribution >= 0.6 is 11.8 Å². The van der Waals surface area contributed by atoms with Gasteiger partial charge in [-0.15, -0.1) is 0 Å². The van der Waals surface area contributed by atoms with Gasteiger partial charge in [0.2, 0.25) is 5.82 Å². The van der Waals surface area contributed by atoms with Crippen molar-refractivity contribution in [1.29, 1.82) is 0 Å². The van der Waals surface area contributed by atoms with Gasteiger partial charge in [-0.1, -0.05) is 42.3 Å². The Morgan fingerprint density at radius 1 is 1.08 bits per heavy atom. The number of nitrogens with zero attached hydrogens (tertiary/aromatic N) is 4. The summed E-state index contributed by atoms with van der Waals surface area (Å²) in [5.41, 5.74) is 1.17. The molecule has 1 aromatic carbocycles. The molecular formula is C17H20N4O2S. The van der Waals surface area contributed by atoms with E-state index in [1.54, 1.807) is 0 Å². The second kappa shape index (κ2) is 7.61. The minimum atomic E-state index is -0.350. The summed E-state index contributed by atoms with van der Waals surface area (Å²) in [7, 11) is 0. The van der Waals surface area contributed by atoms with Crippen LogP contribution in [0.3, 0.4) is 0 Å². The van der Waals surface area contributed by atoms with Crippen molar-refractivity contribution in [2.24, 2.45) is 0 Å². The molecule has 1 aliphatic rings. The molecule has 1 saturated heterocycles. The minimum absolute atomic E-state index is 0.0185. The Bertz CT molecular complexity index is 713. The number of rotatable bonds is 4. The molecule has 0 bridgehead atoms. The smallest absolute Gasteiger partial charge is 0.343 e. The Labute approximate surface area is 145 Å². The Hall–Kier alpha value is -2.15. The maximum absolute atomic E-state index is 11.7. The van der Waals surface area contributed by atoms with Crippen LogP contribution in [0.15, 0.2) is 40.5 Å². The van der Waals surface area contributed by atoms with Gasteiger partial charge in [0.15, 0.2) is 5.03 Å². The number of anilines is 1. The number of aryl methyl sites for hydroxylation is 1. The fourth-order valence-electron chi connectivity index (χ4n) is 2.82. The quantitative estimate of drug-likeness (QED) is 0.470. The highest BCUT2D eigenvalue weighted by molar-refractivity contribution is 7.99. The summed E-state index contributed by atoms with van der Waals surface area (Å²) in [6, 6.07) is 7.89. The Morgan fingerprint density at radius 2 is 1.75 bits per heavy atom. The molecule has 3 rings (SSSR count). The molecule has 1 aromatic heterocycles. The van der Waals surface area contributed by atoms with E-state index in [4.69, 9.17) is 0 Å². The molecule has 0 amide bonds. The van der Waals surface area contributed by atoms with Crippen molar-refractivity contribution < 1.29 is 4.92 Å². The Kier molecular flexibility index (Phi) is 5.30. The van der Waals surface area contributed by atoms with Crippen molar-refractivity contribution in [1.82, 2.24) is 9.97 Å². The summed E-state index contributed by atoms with van der Waals surface area (Å²) >= 11 is 1.32. The van der Waals surface area contributed by atoms with Crippen LogP contribution in [0.4, 0.5) is 11.5 Å². The molecule has 6 nitrogen and oxygen atoms in total. The highest BCUT2D eigenvalue weighted by Crippen LogP contribution is 2.38. The number of nitro groups is 1. The second-order valence-corrected chi connectivity index (χ2v) is 6.99. The molecule has 126 valence electrons. The van der Waals surface area contributed by atoms with Crippen LogP contribution in [0.5, 0.6) is 0 Å². The third-order valence-electron chi connectivity index (χ3n) is 4.09. The third kappa shape index (κ3) is 3.84. The first-order valence-corrected chi connectivity index (χ1v) is 8.95. The van der Waals surface area contributed by atoms with Crippen molar-refractivity contribution in [2.75, 3.05) is 18.0 Å². The van der Waals surface area contributed by atoms with E-state index in [9.17, 15) is 10.1 Å². The van der Waals surface area contributed by atoms with E-state index >= 15 is 0 Å². The normalized spacial score (nSPS) is 15.1. The third-order valence-corrected chi connectivity index (χ3v) is 5.09. The van der Waals surface area contributed by atoms with E-state index in [0.29, 0.717) is 10.8 Å². The predicted octanol–water partition coefficient (Wildman–Crippen LogP) is 4.22. The van der Waals surface area contributed by atoms with Gasteiger partial charge in [-0.05, 0) is 31.9 Å². The average Bonchev–Trinajstić information content (AvgIpc) is 2.86. The van der Waals surface area contributed by atoms with E-state index in [0.717, 1.165) is 36.4 Å². The molecular weight excluding hydrogens is 324 g/mol. The van der Waals surface area contributed by atoms with Crippen molar-refractivity contribution in [3.05, 3.63) is 46.3 Å². The lowest BCUT2D eigenvalue weighted by molar-refractivity contribution is -0.387. The van der Waals surface area contributed by atoms with Crippen LogP contribution in [0.25, 0.3) is 0 Å². The van der Waals surface area contributed by atoms with Gasteiger partial charge in [-0.3, -0.25) is 10.1 Å². The summed E-state index contributed by atoms with van der Waals surface area (Å²) in [6.45, 7) is 3.64. The van der Waals surface area contributed by atoms with E-state index in [1.807, 2.05) is 36.1 Å². The lowest BCUT2D eigenvalue weighted by Crippen LogP contribution is -2.26. The fourth-order valence-corrected chi connectivity index (χ4v) is 3.68. The van der Waals surface area contributed by atoms with E-state index < -0.39 is 0 Å². The molecule has 1 aliphatic heterocycles. The van der Waals surface area contributed by atoms with Gasteiger partial charge in [-0.25, -0.2) is 9.97 Å². The summed E-state index contributed by atoms with van der Waals surface area (Å²) in [5, 5.41) is 12.1. The van der Waals surface area contributed by atoms with Crippen molar-refractivity contribution >= 4 is 23.3 Å². The van der Waals surface area contributed by atoms with Gasteiger partial charge >= 0.3 is 5.69 Å². The standard InChI is InChI=1S/C17H20N4O2S/c1-13-6-8-14(9-7-13)24-17-15(21(22)23)16(18-12-19-17)20-10-4-2-3-5-11-20/h6-9,12H,2-5,10-11H2,1H3. The zero-order chi connectivity index (χ0) is 16.9. The number of hydrogen-bond donors (Lipinski definition) is 0. The number of benzene rings is 1. The van der Waals surface area contributed by atoms with Crippen LogP contribution in [-0.4, -0.2) is 28.0 Å². The first kappa shape index (κ1) is 16.7. The van der Waals surface area contributed by atoms with Crippen LogP contribution in [0.1, 0.15) is 31.2 Å². The molecule has 0 saturated carbocycles. The van der Waals surface area contributed by atoms with Gasteiger partial charge < -0.3 is 4.90 Å². The van der Waals surface area contributed by atoms with Gasteiger partial charge in [0.25, 0.3) is 0 Å². The molecule has 0 N–H and O–H groups in total. The van der Waals surface area contributed by atoms with E-state index in [2.05, 4.69) is 9.97 Å². The topological polar surface area (TPSA) is 72.2 Å². The zero-order valence-corrected chi connectivity index (χ0v) is 14.5. The Balaban J connectivity index is 1.95. The highest BCUT2D eigenvalue weighted by Gasteiger charge is 2.27. The summed E-state index contributed by atoms with van der Waals surface area (Å²) < 4.78 is 0. The van der Waals surface area contributed by atoms with Gasteiger partial charge in [0.05, 0.1) is 4.92 Å². The zero-order valence-electron chi connectivity index (χ0n) is 13.6. The van der Waals surface area contributed by atoms with Gasteiger partial charge in [0, 0.05) is 18.0 Å². The molecule has 0 atom stereocenters. The molecule has 0 radical (unpaired) electrons. The Morgan fingerprint density at radius 3 is 2.38 bits per heavy atom.